The van der Waals surface area contributed by atoms with Gasteiger partial charge in [0.15, 0.2) is 5.82 Å². The fourth-order valence-corrected chi connectivity index (χ4v) is 2.40. The summed E-state index contributed by atoms with van der Waals surface area (Å²) in [6, 6.07) is 2.07. The van der Waals surface area contributed by atoms with Gasteiger partial charge in [-0.05, 0) is 38.3 Å². The van der Waals surface area contributed by atoms with E-state index in [9.17, 15) is 0 Å². The van der Waals surface area contributed by atoms with Crippen molar-refractivity contribution in [1.82, 2.24) is 15.1 Å². The van der Waals surface area contributed by atoms with Crippen LogP contribution in [0.3, 0.4) is 0 Å². The van der Waals surface area contributed by atoms with Crippen LogP contribution in [0.15, 0.2) is 10.6 Å². The molecular formula is C13H17N3O2. The molecule has 0 spiro atoms. The highest BCUT2D eigenvalue weighted by Crippen LogP contribution is 2.22. The minimum atomic E-state index is 0.252. The first-order valence-electron chi connectivity index (χ1n) is 6.33. The van der Waals surface area contributed by atoms with Crippen molar-refractivity contribution in [3.05, 3.63) is 23.1 Å². The van der Waals surface area contributed by atoms with Gasteiger partial charge in [0, 0.05) is 18.7 Å². The van der Waals surface area contributed by atoms with Crippen molar-refractivity contribution in [3.63, 3.8) is 0 Å². The SMILES string of the molecule is Cc1cc(C)c(-c2nc(CC3CCCO3)no2)[nH]1. The topological polar surface area (TPSA) is 63.9 Å². The standard InChI is InChI=1S/C13H17N3O2/c1-8-6-9(2)14-12(8)13-15-11(16-18-13)7-10-4-3-5-17-10/h6,10,14H,3-5,7H2,1-2H3. The van der Waals surface area contributed by atoms with Crippen LogP contribution >= 0.6 is 0 Å². The van der Waals surface area contributed by atoms with E-state index in [-0.39, 0.29) is 6.10 Å². The van der Waals surface area contributed by atoms with Gasteiger partial charge in [0.2, 0.25) is 0 Å². The van der Waals surface area contributed by atoms with Crippen LogP contribution in [0.2, 0.25) is 0 Å². The molecule has 0 amide bonds. The highest BCUT2D eigenvalue weighted by molar-refractivity contribution is 5.54. The van der Waals surface area contributed by atoms with Crippen LogP contribution < -0.4 is 0 Å². The number of rotatable bonds is 3. The van der Waals surface area contributed by atoms with Gasteiger partial charge in [0.1, 0.15) is 5.69 Å². The monoisotopic (exact) mass is 247 g/mol. The maximum absolute atomic E-state index is 5.57. The number of hydrogen-bond donors (Lipinski definition) is 1. The Kier molecular flexibility index (Phi) is 2.91. The Bertz CT molecular complexity index is 538. The summed E-state index contributed by atoms with van der Waals surface area (Å²) < 4.78 is 10.9. The summed E-state index contributed by atoms with van der Waals surface area (Å²) in [7, 11) is 0. The van der Waals surface area contributed by atoms with E-state index in [1.165, 1.54) is 0 Å². The number of ether oxygens (including phenoxy) is 1. The van der Waals surface area contributed by atoms with Crippen molar-refractivity contribution >= 4 is 0 Å². The molecule has 0 radical (unpaired) electrons. The zero-order valence-corrected chi connectivity index (χ0v) is 10.7. The van der Waals surface area contributed by atoms with Gasteiger partial charge in [-0.3, -0.25) is 0 Å². The molecule has 2 aromatic rings. The zero-order chi connectivity index (χ0) is 12.5. The fourth-order valence-electron chi connectivity index (χ4n) is 2.40. The summed E-state index contributed by atoms with van der Waals surface area (Å²) in [5.74, 6) is 1.29. The highest BCUT2D eigenvalue weighted by atomic mass is 16.5. The maximum atomic E-state index is 5.57. The van der Waals surface area contributed by atoms with Crippen molar-refractivity contribution in [2.45, 2.75) is 39.2 Å². The molecule has 1 aliphatic rings. The van der Waals surface area contributed by atoms with Gasteiger partial charge in [-0.15, -0.1) is 0 Å². The molecule has 5 nitrogen and oxygen atoms in total. The van der Waals surface area contributed by atoms with E-state index in [1.807, 2.05) is 13.8 Å². The minimum absolute atomic E-state index is 0.252. The molecule has 96 valence electrons. The van der Waals surface area contributed by atoms with Crippen LogP contribution in [0, 0.1) is 13.8 Å². The molecule has 1 atom stereocenters. The quantitative estimate of drug-likeness (QED) is 0.904. The summed E-state index contributed by atoms with van der Waals surface area (Å²) in [6.45, 7) is 4.90. The summed E-state index contributed by atoms with van der Waals surface area (Å²) in [5, 5.41) is 4.02. The largest absolute Gasteiger partial charge is 0.378 e. The van der Waals surface area contributed by atoms with Crippen LogP contribution in [0.1, 0.15) is 29.9 Å². The molecule has 1 saturated heterocycles. The number of aromatic amines is 1. The minimum Gasteiger partial charge on any atom is -0.378 e. The number of H-pyrrole nitrogens is 1. The van der Waals surface area contributed by atoms with Gasteiger partial charge in [-0.2, -0.15) is 4.98 Å². The summed E-state index contributed by atoms with van der Waals surface area (Å²) in [6.07, 6.45) is 3.21. The third kappa shape index (κ3) is 2.18. The average molecular weight is 247 g/mol. The predicted octanol–water partition coefficient (Wildman–Crippen LogP) is 2.40. The van der Waals surface area contributed by atoms with Gasteiger partial charge >= 0.3 is 0 Å². The number of aromatic nitrogens is 3. The smallest absolute Gasteiger partial charge is 0.274 e. The Hall–Kier alpha value is -1.62. The average Bonchev–Trinajstić information content (AvgIpc) is 3.01. The lowest BCUT2D eigenvalue weighted by Gasteiger charge is -2.03. The molecule has 1 aliphatic heterocycles. The van der Waals surface area contributed by atoms with E-state index in [0.717, 1.165) is 48.6 Å². The van der Waals surface area contributed by atoms with Crippen LogP contribution in [-0.2, 0) is 11.2 Å². The summed E-state index contributed by atoms with van der Waals surface area (Å²) in [5.41, 5.74) is 3.14. The first kappa shape index (κ1) is 11.5. The van der Waals surface area contributed by atoms with E-state index in [1.54, 1.807) is 0 Å². The second-order valence-electron chi connectivity index (χ2n) is 4.87. The van der Waals surface area contributed by atoms with Gasteiger partial charge < -0.3 is 14.2 Å². The Morgan fingerprint density at radius 3 is 3.00 bits per heavy atom. The molecule has 0 aromatic carbocycles. The summed E-state index contributed by atoms with van der Waals surface area (Å²) >= 11 is 0. The molecule has 3 heterocycles. The molecule has 0 bridgehead atoms. The van der Waals surface area contributed by atoms with E-state index >= 15 is 0 Å². The highest BCUT2D eigenvalue weighted by Gasteiger charge is 2.20. The molecule has 5 heteroatoms. The van der Waals surface area contributed by atoms with E-state index < -0.39 is 0 Å². The molecule has 1 N–H and O–H groups in total. The maximum Gasteiger partial charge on any atom is 0.274 e. The van der Waals surface area contributed by atoms with Crippen molar-refractivity contribution in [3.8, 4) is 11.6 Å². The summed E-state index contributed by atoms with van der Waals surface area (Å²) in [4.78, 5) is 7.67. The fraction of sp³-hybridized carbons (Fsp3) is 0.538. The molecular weight excluding hydrogens is 230 g/mol. The number of hydrogen-bond acceptors (Lipinski definition) is 4. The normalized spacial score (nSPS) is 19.6. The van der Waals surface area contributed by atoms with E-state index in [0.29, 0.717) is 5.89 Å². The van der Waals surface area contributed by atoms with Crippen molar-refractivity contribution < 1.29 is 9.26 Å². The predicted molar refractivity (Wildman–Crippen MR) is 66.2 cm³/mol. The molecule has 3 rings (SSSR count). The number of nitrogens with zero attached hydrogens (tertiary/aromatic N) is 2. The number of nitrogens with one attached hydrogen (secondary N) is 1. The van der Waals surface area contributed by atoms with Crippen molar-refractivity contribution in [2.75, 3.05) is 6.61 Å². The van der Waals surface area contributed by atoms with E-state index in [2.05, 4.69) is 21.2 Å². The van der Waals surface area contributed by atoms with Gasteiger partial charge in [0.25, 0.3) is 5.89 Å². The second-order valence-corrected chi connectivity index (χ2v) is 4.87. The van der Waals surface area contributed by atoms with Crippen molar-refractivity contribution in [2.24, 2.45) is 0 Å². The lowest BCUT2D eigenvalue weighted by molar-refractivity contribution is 0.109. The van der Waals surface area contributed by atoms with Crippen LogP contribution in [0.5, 0.6) is 0 Å². The van der Waals surface area contributed by atoms with Crippen LogP contribution in [0.25, 0.3) is 11.6 Å². The van der Waals surface area contributed by atoms with Gasteiger partial charge in [-0.1, -0.05) is 5.16 Å². The van der Waals surface area contributed by atoms with E-state index in [4.69, 9.17) is 9.26 Å². The van der Waals surface area contributed by atoms with Gasteiger partial charge in [-0.25, -0.2) is 0 Å². The molecule has 1 fully saturated rings. The lowest BCUT2D eigenvalue weighted by atomic mass is 10.2. The van der Waals surface area contributed by atoms with Crippen molar-refractivity contribution in [1.29, 1.82) is 0 Å². The third-order valence-electron chi connectivity index (χ3n) is 3.27. The molecule has 0 saturated carbocycles. The Labute approximate surface area is 106 Å². The Balaban J connectivity index is 1.78. The molecule has 0 aliphatic carbocycles. The zero-order valence-electron chi connectivity index (χ0n) is 10.7. The first-order chi connectivity index (χ1) is 8.72. The molecule has 1 unspecified atom stereocenters. The first-order valence-corrected chi connectivity index (χ1v) is 6.33. The van der Waals surface area contributed by atoms with Crippen LogP contribution in [-0.4, -0.2) is 27.8 Å². The Morgan fingerprint density at radius 1 is 1.44 bits per heavy atom. The van der Waals surface area contributed by atoms with Crippen LogP contribution in [0.4, 0.5) is 0 Å². The number of aryl methyl sites for hydroxylation is 2. The lowest BCUT2D eigenvalue weighted by Crippen LogP contribution is -2.09. The van der Waals surface area contributed by atoms with Gasteiger partial charge in [0.05, 0.1) is 6.10 Å². The third-order valence-corrected chi connectivity index (χ3v) is 3.27. The molecule has 18 heavy (non-hydrogen) atoms. The Morgan fingerprint density at radius 2 is 2.33 bits per heavy atom. The second kappa shape index (κ2) is 4.57. The molecule has 2 aromatic heterocycles.